The van der Waals surface area contributed by atoms with Crippen LogP contribution in [0.1, 0.15) is 11.1 Å². The third kappa shape index (κ3) is 2.38. The molecule has 0 saturated carbocycles. The first-order chi connectivity index (χ1) is 7.79. The molecule has 2 aromatic rings. The Morgan fingerprint density at radius 1 is 1.31 bits per heavy atom. The SMILES string of the molecule is Cc1cnccc1Nc1cccc(CN)c1. The first kappa shape index (κ1) is 10.6. The topological polar surface area (TPSA) is 50.9 Å². The molecule has 0 aliphatic heterocycles. The summed E-state index contributed by atoms with van der Waals surface area (Å²) < 4.78 is 0. The molecule has 0 aliphatic rings. The normalized spacial score (nSPS) is 10.1. The minimum atomic E-state index is 0.560. The number of benzene rings is 1. The summed E-state index contributed by atoms with van der Waals surface area (Å²) in [4.78, 5) is 4.06. The summed E-state index contributed by atoms with van der Waals surface area (Å²) in [5, 5.41) is 3.35. The second kappa shape index (κ2) is 4.77. The van der Waals surface area contributed by atoms with E-state index in [0.717, 1.165) is 22.5 Å². The summed E-state index contributed by atoms with van der Waals surface area (Å²) >= 11 is 0. The molecule has 0 amide bonds. The Hall–Kier alpha value is -1.87. The van der Waals surface area contributed by atoms with E-state index in [2.05, 4.69) is 16.4 Å². The Kier molecular flexibility index (Phi) is 3.17. The average molecular weight is 213 g/mol. The number of nitrogens with one attached hydrogen (secondary N) is 1. The lowest BCUT2D eigenvalue weighted by molar-refractivity contribution is 1.07. The molecular formula is C13H15N3. The van der Waals surface area contributed by atoms with Crippen molar-refractivity contribution < 1.29 is 0 Å². The van der Waals surface area contributed by atoms with Crippen molar-refractivity contribution in [3.63, 3.8) is 0 Å². The summed E-state index contributed by atoms with van der Waals surface area (Å²) in [5.74, 6) is 0. The van der Waals surface area contributed by atoms with Crippen LogP contribution in [0.3, 0.4) is 0 Å². The van der Waals surface area contributed by atoms with Gasteiger partial charge in [-0.05, 0) is 36.2 Å². The lowest BCUT2D eigenvalue weighted by Crippen LogP contribution is -1.98. The summed E-state index contributed by atoms with van der Waals surface area (Å²) in [7, 11) is 0. The molecule has 0 atom stereocenters. The molecule has 0 fully saturated rings. The summed E-state index contributed by atoms with van der Waals surface area (Å²) in [6, 6.07) is 10.1. The lowest BCUT2D eigenvalue weighted by atomic mass is 10.2. The van der Waals surface area contributed by atoms with Crippen LogP contribution in [0.25, 0.3) is 0 Å². The molecule has 16 heavy (non-hydrogen) atoms. The monoisotopic (exact) mass is 213 g/mol. The molecule has 2 rings (SSSR count). The first-order valence-electron chi connectivity index (χ1n) is 5.26. The van der Waals surface area contributed by atoms with Gasteiger partial charge in [0.05, 0.1) is 0 Å². The van der Waals surface area contributed by atoms with Gasteiger partial charge in [0, 0.05) is 30.3 Å². The van der Waals surface area contributed by atoms with E-state index in [1.54, 1.807) is 6.20 Å². The van der Waals surface area contributed by atoms with Crippen molar-refractivity contribution >= 4 is 11.4 Å². The molecule has 3 N–H and O–H groups in total. The van der Waals surface area contributed by atoms with E-state index in [9.17, 15) is 0 Å². The van der Waals surface area contributed by atoms with Crippen molar-refractivity contribution in [3.8, 4) is 0 Å². The molecule has 0 unspecified atom stereocenters. The molecule has 1 aromatic carbocycles. The predicted molar refractivity (Wildman–Crippen MR) is 66.6 cm³/mol. The van der Waals surface area contributed by atoms with Crippen molar-refractivity contribution in [3.05, 3.63) is 53.9 Å². The Morgan fingerprint density at radius 2 is 2.19 bits per heavy atom. The Bertz CT molecular complexity index is 480. The first-order valence-corrected chi connectivity index (χ1v) is 5.26. The van der Waals surface area contributed by atoms with E-state index in [1.165, 1.54) is 0 Å². The quantitative estimate of drug-likeness (QED) is 0.824. The second-order valence-electron chi connectivity index (χ2n) is 3.72. The van der Waals surface area contributed by atoms with Gasteiger partial charge in [0.25, 0.3) is 0 Å². The Labute approximate surface area is 95.3 Å². The van der Waals surface area contributed by atoms with Crippen LogP contribution in [-0.4, -0.2) is 4.98 Å². The molecule has 3 heteroatoms. The Balaban J connectivity index is 2.24. The van der Waals surface area contributed by atoms with Gasteiger partial charge < -0.3 is 11.1 Å². The van der Waals surface area contributed by atoms with Gasteiger partial charge in [-0.25, -0.2) is 0 Å². The number of pyridine rings is 1. The molecule has 1 heterocycles. The third-order valence-corrected chi connectivity index (χ3v) is 2.46. The van der Waals surface area contributed by atoms with Crippen molar-refractivity contribution in [1.29, 1.82) is 0 Å². The van der Waals surface area contributed by atoms with Crippen molar-refractivity contribution in [1.82, 2.24) is 4.98 Å². The van der Waals surface area contributed by atoms with Crippen LogP contribution < -0.4 is 11.1 Å². The molecule has 3 nitrogen and oxygen atoms in total. The standard InChI is InChI=1S/C13H15N3/c1-10-9-15-6-5-13(10)16-12-4-2-3-11(7-12)8-14/h2-7,9H,8,14H2,1H3,(H,15,16). The zero-order valence-electron chi connectivity index (χ0n) is 9.27. The summed E-state index contributed by atoms with van der Waals surface area (Å²) in [5.41, 5.74) is 9.98. The average Bonchev–Trinajstić information content (AvgIpc) is 2.32. The minimum absolute atomic E-state index is 0.560. The fraction of sp³-hybridized carbons (Fsp3) is 0.154. The highest BCUT2D eigenvalue weighted by Gasteiger charge is 1.98. The number of hydrogen-bond acceptors (Lipinski definition) is 3. The van der Waals surface area contributed by atoms with Gasteiger partial charge in [0.2, 0.25) is 0 Å². The van der Waals surface area contributed by atoms with E-state index in [1.807, 2.05) is 37.4 Å². The molecule has 0 radical (unpaired) electrons. The number of nitrogens with zero attached hydrogens (tertiary/aromatic N) is 1. The smallest absolute Gasteiger partial charge is 0.0444 e. The van der Waals surface area contributed by atoms with Crippen LogP contribution in [-0.2, 0) is 6.54 Å². The summed E-state index contributed by atoms with van der Waals surface area (Å²) in [6.07, 6.45) is 3.62. The second-order valence-corrected chi connectivity index (χ2v) is 3.72. The predicted octanol–water partition coefficient (Wildman–Crippen LogP) is 2.59. The van der Waals surface area contributed by atoms with Crippen LogP contribution in [0, 0.1) is 6.92 Å². The van der Waals surface area contributed by atoms with Gasteiger partial charge in [-0.3, -0.25) is 4.98 Å². The van der Waals surface area contributed by atoms with E-state index >= 15 is 0 Å². The fourth-order valence-electron chi connectivity index (χ4n) is 1.55. The van der Waals surface area contributed by atoms with Crippen LogP contribution in [0.15, 0.2) is 42.7 Å². The highest BCUT2D eigenvalue weighted by Crippen LogP contribution is 2.19. The number of aromatic nitrogens is 1. The number of nitrogens with two attached hydrogens (primary N) is 1. The van der Waals surface area contributed by atoms with Crippen LogP contribution in [0.5, 0.6) is 0 Å². The van der Waals surface area contributed by atoms with Crippen molar-refractivity contribution in [2.75, 3.05) is 5.32 Å². The highest BCUT2D eigenvalue weighted by atomic mass is 14.9. The van der Waals surface area contributed by atoms with Gasteiger partial charge in [-0.1, -0.05) is 12.1 Å². The molecule has 0 saturated heterocycles. The van der Waals surface area contributed by atoms with Gasteiger partial charge >= 0.3 is 0 Å². The maximum Gasteiger partial charge on any atom is 0.0444 e. The zero-order chi connectivity index (χ0) is 11.4. The van der Waals surface area contributed by atoms with E-state index in [4.69, 9.17) is 5.73 Å². The maximum atomic E-state index is 5.60. The molecule has 1 aromatic heterocycles. The number of anilines is 2. The Morgan fingerprint density at radius 3 is 2.94 bits per heavy atom. The maximum absolute atomic E-state index is 5.60. The van der Waals surface area contributed by atoms with Gasteiger partial charge in [0.15, 0.2) is 0 Å². The van der Waals surface area contributed by atoms with Crippen LogP contribution in [0.4, 0.5) is 11.4 Å². The lowest BCUT2D eigenvalue weighted by Gasteiger charge is -2.09. The summed E-state index contributed by atoms with van der Waals surface area (Å²) in [6.45, 7) is 2.59. The minimum Gasteiger partial charge on any atom is -0.355 e. The zero-order valence-corrected chi connectivity index (χ0v) is 9.27. The molecule has 82 valence electrons. The van der Waals surface area contributed by atoms with Gasteiger partial charge in [-0.2, -0.15) is 0 Å². The van der Waals surface area contributed by atoms with Gasteiger partial charge in [0.1, 0.15) is 0 Å². The van der Waals surface area contributed by atoms with E-state index in [0.29, 0.717) is 6.54 Å². The van der Waals surface area contributed by atoms with Crippen molar-refractivity contribution in [2.24, 2.45) is 5.73 Å². The van der Waals surface area contributed by atoms with Crippen LogP contribution in [0.2, 0.25) is 0 Å². The fourth-order valence-corrected chi connectivity index (χ4v) is 1.55. The molecular weight excluding hydrogens is 198 g/mol. The van der Waals surface area contributed by atoms with E-state index in [-0.39, 0.29) is 0 Å². The number of aryl methyl sites for hydroxylation is 1. The van der Waals surface area contributed by atoms with Gasteiger partial charge in [-0.15, -0.1) is 0 Å². The van der Waals surface area contributed by atoms with Crippen LogP contribution >= 0.6 is 0 Å². The largest absolute Gasteiger partial charge is 0.355 e. The third-order valence-electron chi connectivity index (χ3n) is 2.46. The molecule has 0 aliphatic carbocycles. The number of hydrogen-bond donors (Lipinski definition) is 2. The highest BCUT2D eigenvalue weighted by molar-refractivity contribution is 5.62. The number of rotatable bonds is 3. The van der Waals surface area contributed by atoms with E-state index < -0.39 is 0 Å². The van der Waals surface area contributed by atoms with Crippen molar-refractivity contribution in [2.45, 2.75) is 13.5 Å². The molecule has 0 bridgehead atoms. The molecule has 0 spiro atoms.